The van der Waals surface area contributed by atoms with E-state index in [1.165, 1.54) is 0 Å². The number of aromatic nitrogens is 3. The number of amides is 2. The summed E-state index contributed by atoms with van der Waals surface area (Å²) in [5.74, 6) is 0.523. The molecule has 0 spiro atoms. The van der Waals surface area contributed by atoms with Gasteiger partial charge in [-0.1, -0.05) is 18.2 Å². The summed E-state index contributed by atoms with van der Waals surface area (Å²) in [6.45, 7) is 6.36. The van der Waals surface area contributed by atoms with E-state index in [9.17, 15) is 9.59 Å². The van der Waals surface area contributed by atoms with Gasteiger partial charge in [-0.25, -0.2) is 4.68 Å². The summed E-state index contributed by atoms with van der Waals surface area (Å²) in [7, 11) is 0. The SMILES string of the molecule is Cc1cc(NC(=O)C2CCC(=O)N2Cc2c[nH]c3ccccc23)n(C(C)C)n1. The monoisotopic (exact) mass is 379 g/mol. The maximum atomic E-state index is 13.0. The zero-order valence-corrected chi connectivity index (χ0v) is 16.4. The molecule has 1 unspecified atom stereocenters. The molecule has 3 heterocycles. The van der Waals surface area contributed by atoms with Crippen molar-refractivity contribution in [2.24, 2.45) is 0 Å². The molecule has 0 radical (unpaired) electrons. The van der Waals surface area contributed by atoms with Crippen LogP contribution in [0.1, 0.15) is 44.0 Å². The molecule has 1 fully saturated rings. The molecular weight excluding hydrogens is 354 g/mol. The van der Waals surface area contributed by atoms with Crippen LogP contribution in [0.5, 0.6) is 0 Å². The Morgan fingerprint density at radius 1 is 1.36 bits per heavy atom. The second-order valence-corrected chi connectivity index (χ2v) is 7.63. The topological polar surface area (TPSA) is 83.0 Å². The van der Waals surface area contributed by atoms with E-state index in [0.717, 1.165) is 22.2 Å². The van der Waals surface area contributed by atoms with Crippen molar-refractivity contribution in [2.75, 3.05) is 5.32 Å². The van der Waals surface area contributed by atoms with Crippen LogP contribution in [0.4, 0.5) is 5.82 Å². The lowest BCUT2D eigenvalue weighted by Gasteiger charge is -2.24. The number of nitrogens with zero attached hydrogens (tertiary/aromatic N) is 3. The lowest BCUT2D eigenvalue weighted by molar-refractivity contribution is -0.133. The van der Waals surface area contributed by atoms with E-state index in [0.29, 0.717) is 25.2 Å². The molecule has 0 saturated carbocycles. The number of carbonyl (C=O) groups excluding carboxylic acids is 2. The van der Waals surface area contributed by atoms with E-state index in [1.54, 1.807) is 9.58 Å². The molecule has 1 aliphatic rings. The number of hydrogen-bond donors (Lipinski definition) is 2. The van der Waals surface area contributed by atoms with Crippen molar-refractivity contribution in [3.05, 3.63) is 47.8 Å². The molecule has 2 amide bonds. The number of aromatic amines is 1. The highest BCUT2D eigenvalue weighted by atomic mass is 16.2. The number of fused-ring (bicyclic) bond motifs is 1. The Kier molecular flexibility index (Phi) is 4.66. The van der Waals surface area contributed by atoms with Crippen LogP contribution in [0.25, 0.3) is 10.9 Å². The molecule has 2 aromatic heterocycles. The van der Waals surface area contributed by atoms with Crippen LogP contribution in [0, 0.1) is 6.92 Å². The van der Waals surface area contributed by atoms with Gasteiger partial charge in [-0.3, -0.25) is 9.59 Å². The predicted octanol–water partition coefficient (Wildman–Crippen LogP) is 3.38. The number of H-pyrrole nitrogens is 1. The molecule has 146 valence electrons. The van der Waals surface area contributed by atoms with Crippen molar-refractivity contribution in [3.63, 3.8) is 0 Å². The maximum absolute atomic E-state index is 13.0. The fraction of sp³-hybridized carbons (Fsp3) is 0.381. The predicted molar refractivity (Wildman–Crippen MR) is 108 cm³/mol. The highest BCUT2D eigenvalue weighted by molar-refractivity contribution is 5.98. The van der Waals surface area contributed by atoms with E-state index in [-0.39, 0.29) is 17.9 Å². The van der Waals surface area contributed by atoms with Crippen molar-refractivity contribution in [3.8, 4) is 0 Å². The fourth-order valence-electron chi connectivity index (χ4n) is 3.86. The molecule has 1 atom stereocenters. The summed E-state index contributed by atoms with van der Waals surface area (Å²) < 4.78 is 1.80. The molecule has 2 N–H and O–H groups in total. The van der Waals surface area contributed by atoms with E-state index in [1.807, 2.05) is 57.3 Å². The van der Waals surface area contributed by atoms with Crippen molar-refractivity contribution in [1.29, 1.82) is 0 Å². The normalized spacial score (nSPS) is 17.1. The first-order valence-electron chi connectivity index (χ1n) is 9.65. The summed E-state index contributed by atoms with van der Waals surface area (Å²) in [6, 6.07) is 9.50. The molecule has 1 aliphatic heterocycles. The Hall–Kier alpha value is -3.09. The van der Waals surface area contributed by atoms with E-state index in [2.05, 4.69) is 15.4 Å². The van der Waals surface area contributed by atoms with Crippen LogP contribution in [0.15, 0.2) is 36.5 Å². The van der Waals surface area contributed by atoms with Gasteiger partial charge in [0.05, 0.1) is 5.69 Å². The lowest BCUT2D eigenvalue weighted by atomic mass is 10.1. The van der Waals surface area contributed by atoms with Crippen LogP contribution in [0.2, 0.25) is 0 Å². The molecule has 4 rings (SSSR count). The summed E-state index contributed by atoms with van der Waals surface area (Å²) in [5.41, 5.74) is 2.90. The molecule has 7 heteroatoms. The van der Waals surface area contributed by atoms with Gasteiger partial charge >= 0.3 is 0 Å². The Bertz CT molecular complexity index is 1030. The fourth-order valence-corrected chi connectivity index (χ4v) is 3.86. The number of carbonyl (C=O) groups is 2. The Morgan fingerprint density at radius 3 is 2.93 bits per heavy atom. The quantitative estimate of drug-likeness (QED) is 0.713. The van der Waals surface area contributed by atoms with Crippen LogP contribution in [-0.4, -0.2) is 37.5 Å². The van der Waals surface area contributed by atoms with Crippen LogP contribution in [0.3, 0.4) is 0 Å². The zero-order chi connectivity index (χ0) is 19.8. The number of hydrogen-bond acceptors (Lipinski definition) is 3. The maximum Gasteiger partial charge on any atom is 0.248 e. The third-order valence-corrected chi connectivity index (χ3v) is 5.24. The first-order chi connectivity index (χ1) is 13.4. The third kappa shape index (κ3) is 3.28. The first-order valence-corrected chi connectivity index (χ1v) is 9.65. The van der Waals surface area contributed by atoms with Gasteiger partial charge in [-0.05, 0) is 38.8 Å². The first kappa shape index (κ1) is 18.3. The number of benzene rings is 1. The molecule has 0 bridgehead atoms. The van der Waals surface area contributed by atoms with Gasteiger partial charge in [0.1, 0.15) is 11.9 Å². The minimum Gasteiger partial charge on any atom is -0.361 e. The summed E-state index contributed by atoms with van der Waals surface area (Å²) in [5, 5.41) is 8.50. The zero-order valence-electron chi connectivity index (χ0n) is 16.4. The smallest absolute Gasteiger partial charge is 0.248 e. The molecule has 1 saturated heterocycles. The third-order valence-electron chi connectivity index (χ3n) is 5.24. The lowest BCUT2D eigenvalue weighted by Crippen LogP contribution is -2.41. The Labute approximate surface area is 163 Å². The van der Waals surface area contributed by atoms with Gasteiger partial charge in [0.15, 0.2) is 0 Å². The highest BCUT2D eigenvalue weighted by Gasteiger charge is 2.36. The standard InChI is InChI=1S/C21H25N5O2/c1-13(2)26-19(10-14(3)24-26)23-21(28)18-8-9-20(27)25(18)12-15-11-22-17-7-5-4-6-16(15)17/h4-7,10-11,13,18,22H,8-9,12H2,1-3H3,(H,23,28). The van der Waals surface area contributed by atoms with Crippen molar-refractivity contribution in [2.45, 2.75) is 52.2 Å². The molecule has 0 aliphatic carbocycles. The van der Waals surface area contributed by atoms with Gasteiger partial charge in [0.25, 0.3) is 0 Å². The van der Waals surface area contributed by atoms with Crippen LogP contribution < -0.4 is 5.32 Å². The number of anilines is 1. The summed E-state index contributed by atoms with van der Waals surface area (Å²) in [6.07, 6.45) is 2.84. The van der Waals surface area contributed by atoms with Gasteiger partial charge in [0, 0.05) is 42.2 Å². The molecule has 3 aromatic rings. The highest BCUT2D eigenvalue weighted by Crippen LogP contribution is 2.26. The van der Waals surface area contributed by atoms with E-state index in [4.69, 9.17) is 0 Å². The second-order valence-electron chi connectivity index (χ2n) is 7.63. The average Bonchev–Trinajstić information content (AvgIpc) is 3.34. The number of likely N-dealkylation sites (tertiary alicyclic amines) is 1. The van der Waals surface area contributed by atoms with Crippen molar-refractivity contribution < 1.29 is 9.59 Å². The van der Waals surface area contributed by atoms with Gasteiger partial charge in [-0.2, -0.15) is 5.10 Å². The molecule has 7 nitrogen and oxygen atoms in total. The van der Waals surface area contributed by atoms with Gasteiger partial charge in [-0.15, -0.1) is 0 Å². The molecule has 28 heavy (non-hydrogen) atoms. The summed E-state index contributed by atoms with van der Waals surface area (Å²) >= 11 is 0. The van der Waals surface area contributed by atoms with Crippen LogP contribution >= 0.6 is 0 Å². The minimum atomic E-state index is -0.475. The van der Waals surface area contributed by atoms with E-state index >= 15 is 0 Å². The number of nitrogens with one attached hydrogen (secondary N) is 2. The Morgan fingerprint density at radius 2 is 2.14 bits per heavy atom. The minimum absolute atomic E-state index is 0.0129. The average molecular weight is 379 g/mol. The largest absolute Gasteiger partial charge is 0.361 e. The molecule has 1 aromatic carbocycles. The van der Waals surface area contributed by atoms with E-state index < -0.39 is 6.04 Å². The van der Waals surface area contributed by atoms with Gasteiger partial charge < -0.3 is 15.2 Å². The van der Waals surface area contributed by atoms with Crippen LogP contribution in [-0.2, 0) is 16.1 Å². The van der Waals surface area contributed by atoms with Crippen molar-refractivity contribution in [1.82, 2.24) is 19.7 Å². The second kappa shape index (κ2) is 7.14. The Balaban J connectivity index is 1.55. The number of aryl methyl sites for hydroxylation is 1. The molecular formula is C21H25N5O2. The number of rotatable bonds is 5. The van der Waals surface area contributed by atoms with Gasteiger partial charge in [0.2, 0.25) is 11.8 Å². The number of para-hydroxylation sites is 1. The van der Waals surface area contributed by atoms with Crippen molar-refractivity contribution >= 4 is 28.5 Å². The summed E-state index contributed by atoms with van der Waals surface area (Å²) in [4.78, 5) is 30.4.